The van der Waals surface area contributed by atoms with E-state index in [1.54, 1.807) is 24.3 Å². The monoisotopic (exact) mass is 434 g/mol. The van der Waals surface area contributed by atoms with Gasteiger partial charge in [-0.25, -0.2) is 4.98 Å². The Morgan fingerprint density at radius 3 is 2.74 bits per heavy atom. The fourth-order valence-corrected chi connectivity index (χ4v) is 4.13. The number of nitrogens with zero attached hydrogens (tertiary/aromatic N) is 1. The van der Waals surface area contributed by atoms with Crippen molar-refractivity contribution in [1.82, 2.24) is 15.3 Å². The maximum Gasteiger partial charge on any atom is 0.255 e. The van der Waals surface area contributed by atoms with Gasteiger partial charge in [0.1, 0.15) is 5.75 Å². The van der Waals surface area contributed by atoms with Crippen LogP contribution in [0.15, 0.2) is 53.9 Å². The first-order valence-electron chi connectivity index (χ1n) is 9.90. The van der Waals surface area contributed by atoms with E-state index in [4.69, 9.17) is 4.74 Å². The van der Waals surface area contributed by atoms with Crippen molar-refractivity contribution in [3.8, 4) is 17.0 Å². The average Bonchev–Trinajstić information content (AvgIpc) is 3.35. The third kappa shape index (κ3) is 4.44. The van der Waals surface area contributed by atoms with Gasteiger partial charge < -0.3 is 20.4 Å². The van der Waals surface area contributed by atoms with E-state index >= 15 is 0 Å². The Balaban J connectivity index is 1.41. The van der Waals surface area contributed by atoms with Crippen LogP contribution in [0.4, 0.5) is 5.13 Å². The van der Waals surface area contributed by atoms with Crippen LogP contribution in [0.3, 0.4) is 0 Å². The predicted molar refractivity (Wildman–Crippen MR) is 123 cm³/mol. The summed E-state index contributed by atoms with van der Waals surface area (Å²) < 4.78 is 5.47. The van der Waals surface area contributed by atoms with Gasteiger partial charge in [-0.1, -0.05) is 30.3 Å². The van der Waals surface area contributed by atoms with Crippen molar-refractivity contribution in [3.05, 3.63) is 65.2 Å². The topological polar surface area (TPSA) is 96.1 Å². The molecule has 7 nitrogen and oxygen atoms in total. The number of nitrogens with one attached hydrogen (secondary N) is 3. The van der Waals surface area contributed by atoms with E-state index in [2.05, 4.69) is 20.6 Å². The molecule has 2 heterocycles. The van der Waals surface area contributed by atoms with Gasteiger partial charge in [-0.2, -0.15) is 0 Å². The molecule has 0 unspecified atom stereocenters. The SMILES string of the molecule is CCOc1ccccc1C(=O)NCC(=O)Nc1nc(-c2c(C)[nH]c3ccccc23)cs1. The fourth-order valence-electron chi connectivity index (χ4n) is 3.41. The van der Waals surface area contributed by atoms with E-state index in [0.717, 1.165) is 27.9 Å². The smallest absolute Gasteiger partial charge is 0.255 e. The lowest BCUT2D eigenvalue weighted by molar-refractivity contribution is -0.115. The van der Waals surface area contributed by atoms with Gasteiger partial charge in [0.15, 0.2) is 5.13 Å². The molecule has 2 amide bonds. The summed E-state index contributed by atoms with van der Waals surface area (Å²) in [6.07, 6.45) is 0. The molecule has 0 fully saturated rings. The number of aryl methyl sites for hydroxylation is 1. The minimum absolute atomic E-state index is 0.166. The van der Waals surface area contributed by atoms with Crippen LogP contribution in [0.1, 0.15) is 23.0 Å². The van der Waals surface area contributed by atoms with Crippen molar-refractivity contribution in [3.63, 3.8) is 0 Å². The Labute approximate surface area is 183 Å². The summed E-state index contributed by atoms with van der Waals surface area (Å²) in [6.45, 7) is 4.14. The predicted octanol–water partition coefficient (Wildman–Crippen LogP) is 4.37. The zero-order chi connectivity index (χ0) is 21.8. The molecule has 4 rings (SSSR count). The number of amides is 2. The molecule has 0 aliphatic carbocycles. The van der Waals surface area contributed by atoms with Gasteiger partial charge in [-0.15, -0.1) is 11.3 Å². The van der Waals surface area contributed by atoms with Crippen LogP contribution in [0.2, 0.25) is 0 Å². The zero-order valence-corrected chi connectivity index (χ0v) is 18.0. The van der Waals surface area contributed by atoms with E-state index in [1.165, 1.54) is 11.3 Å². The number of ether oxygens (including phenoxy) is 1. The first-order valence-corrected chi connectivity index (χ1v) is 10.8. The number of carbonyl (C=O) groups excluding carboxylic acids is 2. The number of thiazole rings is 1. The van der Waals surface area contributed by atoms with Gasteiger partial charge >= 0.3 is 0 Å². The third-order valence-electron chi connectivity index (χ3n) is 4.74. The van der Waals surface area contributed by atoms with Crippen molar-refractivity contribution >= 4 is 39.2 Å². The van der Waals surface area contributed by atoms with E-state index in [9.17, 15) is 9.59 Å². The highest BCUT2D eigenvalue weighted by Gasteiger charge is 2.16. The molecule has 31 heavy (non-hydrogen) atoms. The zero-order valence-electron chi connectivity index (χ0n) is 17.2. The number of hydrogen-bond donors (Lipinski definition) is 3. The summed E-state index contributed by atoms with van der Waals surface area (Å²) in [4.78, 5) is 32.7. The number of carbonyl (C=O) groups is 2. The number of benzene rings is 2. The molecule has 0 radical (unpaired) electrons. The van der Waals surface area contributed by atoms with E-state index in [0.29, 0.717) is 23.1 Å². The Bertz CT molecular complexity index is 1240. The second-order valence-corrected chi connectivity index (χ2v) is 7.73. The van der Waals surface area contributed by atoms with Crippen LogP contribution < -0.4 is 15.4 Å². The first-order chi connectivity index (χ1) is 15.1. The molecule has 2 aromatic heterocycles. The molecule has 0 spiro atoms. The van der Waals surface area contributed by atoms with E-state index in [-0.39, 0.29) is 18.4 Å². The Morgan fingerprint density at radius 1 is 1.13 bits per heavy atom. The molecule has 0 atom stereocenters. The highest BCUT2D eigenvalue weighted by atomic mass is 32.1. The summed E-state index contributed by atoms with van der Waals surface area (Å²) in [6, 6.07) is 15.0. The molecule has 3 N–H and O–H groups in total. The normalized spacial score (nSPS) is 10.8. The van der Waals surface area contributed by atoms with Crippen molar-refractivity contribution in [2.75, 3.05) is 18.5 Å². The third-order valence-corrected chi connectivity index (χ3v) is 5.50. The van der Waals surface area contributed by atoms with Crippen LogP contribution in [-0.4, -0.2) is 34.9 Å². The minimum atomic E-state index is -0.367. The van der Waals surface area contributed by atoms with Crippen LogP contribution in [0.25, 0.3) is 22.2 Å². The average molecular weight is 435 g/mol. The number of anilines is 1. The lowest BCUT2D eigenvalue weighted by Crippen LogP contribution is -2.33. The Morgan fingerprint density at radius 2 is 1.90 bits per heavy atom. The molecule has 0 aliphatic heterocycles. The second kappa shape index (κ2) is 9.01. The fraction of sp³-hybridized carbons (Fsp3) is 0.174. The van der Waals surface area contributed by atoms with Gasteiger partial charge in [-0.3, -0.25) is 9.59 Å². The molecule has 0 aliphatic rings. The standard InChI is InChI=1S/C23H22N4O3S/c1-3-30-19-11-7-5-9-16(19)22(29)24-12-20(28)27-23-26-18(13-31-23)21-14(2)25-17-10-6-4-8-15(17)21/h4-11,13,25H,3,12H2,1-2H3,(H,24,29)(H,26,27,28). The van der Waals surface area contributed by atoms with Gasteiger partial charge in [0.25, 0.3) is 5.91 Å². The van der Waals surface area contributed by atoms with E-state index in [1.807, 2.05) is 43.5 Å². The highest BCUT2D eigenvalue weighted by molar-refractivity contribution is 7.14. The van der Waals surface area contributed by atoms with Crippen LogP contribution in [0, 0.1) is 6.92 Å². The van der Waals surface area contributed by atoms with Crippen LogP contribution >= 0.6 is 11.3 Å². The summed E-state index contributed by atoms with van der Waals surface area (Å²) in [5.41, 5.74) is 4.27. The number of aromatic nitrogens is 2. The van der Waals surface area contributed by atoms with E-state index < -0.39 is 0 Å². The summed E-state index contributed by atoms with van der Waals surface area (Å²) in [5.74, 6) is -0.228. The number of H-pyrrole nitrogens is 1. The molecule has 0 bridgehead atoms. The van der Waals surface area contributed by atoms with Crippen molar-refractivity contribution < 1.29 is 14.3 Å². The maximum absolute atomic E-state index is 12.4. The largest absolute Gasteiger partial charge is 0.493 e. The summed E-state index contributed by atoms with van der Waals surface area (Å²) >= 11 is 1.34. The number of aromatic amines is 1. The maximum atomic E-state index is 12.4. The quantitative estimate of drug-likeness (QED) is 0.402. The van der Waals surface area contributed by atoms with Gasteiger partial charge in [0, 0.05) is 27.5 Å². The second-order valence-electron chi connectivity index (χ2n) is 6.87. The molecule has 2 aromatic carbocycles. The minimum Gasteiger partial charge on any atom is -0.493 e. The Hall–Kier alpha value is -3.65. The molecule has 158 valence electrons. The highest BCUT2D eigenvalue weighted by Crippen LogP contribution is 2.33. The number of para-hydroxylation sites is 2. The van der Waals surface area contributed by atoms with Crippen molar-refractivity contribution in [2.24, 2.45) is 0 Å². The summed E-state index contributed by atoms with van der Waals surface area (Å²) in [5, 5.41) is 8.86. The molecule has 0 saturated carbocycles. The number of hydrogen-bond acceptors (Lipinski definition) is 5. The lowest BCUT2D eigenvalue weighted by atomic mass is 10.1. The van der Waals surface area contributed by atoms with Gasteiger partial charge in [0.2, 0.25) is 5.91 Å². The van der Waals surface area contributed by atoms with Gasteiger partial charge in [-0.05, 0) is 32.0 Å². The lowest BCUT2D eigenvalue weighted by Gasteiger charge is -2.10. The molecule has 4 aromatic rings. The first kappa shape index (κ1) is 20.6. The van der Waals surface area contributed by atoms with Crippen LogP contribution in [0.5, 0.6) is 5.75 Å². The van der Waals surface area contributed by atoms with Crippen molar-refractivity contribution in [2.45, 2.75) is 13.8 Å². The number of fused-ring (bicyclic) bond motifs is 1. The Kier molecular flexibility index (Phi) is 5.99. The number of rotatable bonds is 7. The molecule has 8 heteroatoms. The van der Waals surface area contributed by atoms with Gasteiger partial charge in [0.05, 0.1) is 24.4 Å². The molecular formula is C23H22N4O3S. The molecular weight excluding hydrogens is 412 g/mol. The van der Waals surface area contributed by atoms with Crippen LogP contribution in [-0.2, 0) is 4.79 Å². The van der Waals surface area contributed by atoms with Crippen molar-refractivity contribution in [1.29, 1.82) is 0 Å². The molecule has 0 saturated heterocycles. The summed E-state index contributed by atoms with van der Waals surface area (Å²) in [7, 11) is 0.